The van der Waals surface area contributed by atoms with Gasteiger partial charge in [0.05, 0.1) is 6.04 Å². The molecule has 4 nitrogen and oxygen atoms in total. The molecule has 0 radical (unpaired) electrons. The first kappa shape index (κ1) is 23.7. The highest BCUT2D eigenvalue weighted by atomic mass is 14.9. The zero-order valence-corrected chi connectivity index (χ0v) is 16.8. The van der Waals surface area contributed by atoms with E-state index in [2.05, 4.69) is 47.6 Å². The molecule has 2 unspecified atom stereocenters. The summed E-state index contributed by atoms with van der Waals surface area (Å²) in [7, 11) is 0. The molecule has 1 aromatic rings. The molecular weight excluding hydrogens is 284 g/mol. The number of aryl methyl sites for hydroxylation is 2. The number of hydrogen-bond donors (Lipinski definition) is 0. The summed E-state index contributed by atoms with van der Waals surface area (Å²) in [6.07, 6.45) is 4.27. The summed E-state index contributed by atoms with van der Waals surface area (Å²) in [5, 5.41) is 0. The maximum Gasteiger partial charge on any atom is 0.115 e. The SMILES string of the molecule is CC.CC.CC1=NC=NC(C)C1C.CCc1ncnc(C)c1C. The Morgan fingerprint density at radius 3 is 1.91 bits per heavy atom. The molecule has 0 saturated carbocycles. The van der Waals surface area contributed by atoms with Gasteiger partial charge in [-0.15, -0.1) is 0 Å². The zero-order chi connectivity index (χ0) is 18.4. The van der Waals surface area contributed by atoms with Crippen molar-refractivity contribution in [2.75, 3.05) is 0 Å². The van der Waals surface area contributed by atoms with Gasteiger partial charge in [0.2, 0.25) is 0 Å². The second-order valence-corrected chi connectivity index (χ2v) is 4.95. The van der Waals surface area contributed by atoms with Crippen LogP contribution in [0.25, 0.3) is 0 Å². The van der Waals surface area contributed by atoms with Crippen LogP contribution in [0.4, 0.5) is 0 Å². The van der Waals surface area contributed by atoms with Crippen molar-refractivity contribution >= 4 is 12.1 Å². The van der Waals surface area contributed by atoms with Gasteiger partial charge >= 0.3 is 0 Å². The fourth-order valence-corrected chi connectivity index (χ4v) is 1.77. The summed E-state index contributed by atoms with van der Waals surface area (Å²) >= 11 is 0. The van der Waals surface area contributed by atoms with E-state index in [-0.39, 0.29) is 0 Å². The molecule has 1 aromatic heterocycles. The predicted molar refractivity (Wildman–Crippen MR) is 104 cm³/mol. The van der Waals surface area contributed by atoms with E-state index in [1.807, 2.05) is 41.5 Å². The lowest BCUT2D eigenvalue weighted by atomic mass is 9.99. The molecular formula is C19H36N4. The highest BCUT2D eigenvalue weighted by Gasteiger charge is 2.15. The normalized spacial score (nSPS) is 18.3. The minimum Gasteiger partial charge on any atom is -0.270 e. The quantitative estimate of drug-likeness (QED) is 0.712. The lowest BCUT2D eigenvalue weighted by molar-refractivity contribution is 0.608. The van der Waals surface area contributed by atoms with E-state index in [0.29, 0.717) is 12.0 Å². The Morgan fingerprint density at radius 2 is 1.52 bits per heavy atom. The van der Waals surface area contributed by atoms with Crippen LogP contribution in [-0.2, 0) is 6.42 Å². The third kappa shape index (κ3) is 8.58. The summed E-state index contributed by atoms with van der Waals surface area (Å²) in [5.74, 6) is 0.523. The third-order valence-corrected chi connectivity index (χ3v) is 3.72. The van der Waals surface area contributed by atoms with Crippen molar-refractivity contribution in [3.63, 3.8) is 0 Å². The van der Waals surface area contributed by atoms with Gasteiger partial charge in [0.15, 0.2) is 0 Å². The lowest BCUT2D eigenvalue weighted by Gasteiger charge is -2.17. The molecule has 0 spiro atoms. The van der Waals surface area contributed by atoms with Crippen LogP contribution in [-0.4, -0.2) is 28.1 Å². The van der Waals surface area contributed by atoms with E-state index in [4.69, 9.17) is 0 Å². The Hall–Kier alpha value is -1.58. The van der Waals surface area contributed by atoms with Crippen LogP contribution in [0.5, 0.6) is 0 Å². The van der Waals surface area contributed by atoms with Gasteiger partial charge < -0.3 is 0 Å². The van der Waals surface area contributed by atoms with Crippen LogP contribution in [0.3, 0.4) is 0 Å². The van der Waals surface area contributed by atoms with Gasteiger partial charge in [-0.3, -0.25) is 4.99 Å². The van der Waals surface area contributed by atoms with Crippen LogP contribution in [0.15, 0.2) is 16.3 Å². The average Bonchev–Trinajstić information content (AvgIpc) is 2.59. The van der Waals surface area contributed by atoms with Crippen molar-refractivity contribution in [3.05, 3.63) is 23.3 Å². The van der Waals surface area contributed by atoms with Crippen molar-refractivity contribution in [2.24, 2.45) is 15.9 Å². The minimum atomic E-state index is 0.419. The van der Waals surface area contributed by atoms with Crippen LogP contribution < -0.4 is 0 Å². The van der Waals surface area contributed by atoms with Gasteiger partial charge in [0, 0.05) is 23.0 Å². The summed E-state index contributed by atoms with van der Waals surface area (Å²) in [4.78, 5) is 16.5. The van der Waals surface area contributed by atoms with Gasteiger partial charge in [-0.05, 0) is 39.7 Å². The highest BCUT2D eigenvalue weighted by Crippen LogP contribution is 2.11. The van der Waals surface area contributed by atoms with Crippen molar-refractivity contribution in [3.8, 4) is 0 Å². The topological polar surface area (TPSA) is 50.5 Å². The van der Waals surface area contributed by atoms with Gasteiger partial charge in [-0.25, -0.2) is 15.0 Å². The van der Waals surface area contributed by atoms with E-state index in [0.717, 1.165) is 17.8 Å². The van der Waals surface area contributed by atoms with Crippen molar-refractivity contribution in [2.45, 2.75) is 81.7 Å². The van der Waals surface area contributed by atoms with E-state index in [1.54, 1.807) is 12.7 Å². The van der Waals surface area contributed by atoms with Crippen LogP contribution in [0.2, 0.25) is 0 Å². The summed E-state index contributed by atoms with van der Waals surface area (Å²) in [5.41, 5.74) is 4.67. The maximum absolute atomic E-state index is 4.15. The van der Waals surface area contributed by atoms with E-state index in [9.17, 15) is 0 Å². The Morgan fingerprint density at radius 1 is 0.957 bits per heavy atom. The number of hydrogen-bond acceptors (Lipinski definition) is 4. The smallest absolute Gasteiger partial charge is 0.115 e. The van der Waals surface area contributed by atoms with Crippen LogP contribution >= 0.6 is 0 Å². The summed E-state index contributed by atoms with van der Waals surface area (Å²) in [6, 6.07) is 0.419. The Balaban J connectivity index is 0. The van der Waals surface area contributed by atoms with Crippen LogP contribution in [0, 0.1) is 19.8 Å². The zero-order valence-electron chi connectivity index (χ0n) is 16.8. The van der Waals surface area contributed by atoms with Crippen molar-refractivity contribution in [1.29, 1.82) is 0 Å². The number of aromatic nitrogens is 2. The first-order valence-corrected chi connectivity index (χ1v) is 8.80. The standard InChI is InChI=1S/C8H12N2.C7H12N2.2C2H6/c1-4-8-6(2)7(3)9-5-10-8;1-5-6(2)8-4-9-7(5)3;2*1-2/h5H,4H2,1-3H3;4-6H,1-3H3;2*1-2H3. The molecule has 23 heavy (non-hydrogen) atoms. The van der Waals surface area contributed by atoms with Crippen molar-refractivity contribution in [1.82, 2.24) is 9.97 Å². The Bertz CT molecular complexity index is 478. The van der Waals surface area contributed by atoms with Gasteiger partial charge in [0.25, 0.3) is 0 Å². The molecule has 0 bridgehead atoms. The second kappa shape index (κ2) is 14.0. The molecule has 0 amide bonds. The van der Waals surface area contributed by atoms with Gasteiger partial charge in [0.1, 0.15) is 12.7 Å². The maximum atomic E-state index is 4.15. The molecule has 132 valence electrons. The fraction of sp³-hybridized carbons (Fsp3) is 0.684. The fourth-order valence-electron chi connectivity index (χ4n) is 1.77. The van der Waals surface area contributed by atoms with E-state index >= 15 is 0 Å². The number of aliphatic imine (C=N–C) groups is 2. The summed E-state index contributed by atoms with van der Waals surface area (Å²) in [6.45, 7) is 20.5. The minimum absolute atomic E-state index is 0.419. The monoisotopic (exact) mass is 320 g/mol. The summed E-state index contributed by atoms with van der Waals surface area (Å²) < 4.78 is 0. The first-order valence-electron chi connectivity index (χ1n) is 8.80. The molecule has 0 aromatic carbocycles. The van der Waals surface area contributed by atoms with Gasteiger partial charge in [-0.1, -0.05) is 41.5 Å². The number of nitrogens with zero attached hydrogens (tertiary/aromatic N) is 4. The molecule has 0 fully saturated rings. The number of rotatable bonds is 1. The largest absolute Gasteiger partial charge is 0.270 e. The molecule has 1 aliphatic rings. The van der Waals surface area contributed by atoms with E-state index in [1.165, 1.54) is 11.3 Å². The Kier molecular flexibility index (Phi) is 14.5. The molecule has 4 heteroatoms. The first-order chi connectivity index (χ1) is 11.0. The van der Waals surface area contributed by atoms with Gasteiger partial charge in [-0.2, -0.15) is 0 Å². The third-order valence-electron chi connectivity index (χ3n) is 3.72. The van der Waals surface area contributed by atoms with E-state index < -0.39 is 0 Å². The predicted octanol–water partition coefficient (Wildman–Crippen LogP) is 5.22. The van der Waals surface area contributed by atoms with Crippen LogP contribution in [0.1, 0.15) is 72.3 Å². The average molecular weight is 321 g/mol. The molecule has 2 atom stereocenters. The highest BCUT2D eigenvalue weighted by molar-refractivity contribution is 5.92. The Labute approximate surface area is 143 Å². The lowest BCUT2D eigenvalue weighted by Crippen LogP contribution is -2.22. The molecule has 0 aliphatic carbocycles. The molecule has 0 N–H and O–H groups in total. The molecule has 1 aliphatic heterocycles. The van der Waals surface area contributed by atoms with Crippen molar-refractivity contribution < 1.29 is 0 Å². The molecule has 0 saturated heterocycles. The molecule has 2 rings (SSSR count). The second-order valence-electron chi connectivity index (χ2n) is 4.95. The molecule has 2 heterocycles.